The van der Waals surface area contributed by atoms with E-state index >= 15 is 0 Å². The average Bonchev–Trinajstić information content (AvgIpc) is 3.24. The van der Waals surface area contributed by atoms with Crippen LogP contribution < -0.4 is 15.0 Å². The van der Waals surface area contributed by atoms with E-state index in [4.69, 9.17) is 4.74 Å². The van der Waals surface area contributed by atoms with Crippen molar-refractivity contribution in [1.82, 2.24) is 10.2 Å². The molecular weight excluding hydrogens is 378 g/mol. The van der Waals surface area contributed by atoms with Gasteiger partial charge in [-0.2, -0.15) is 0 Å². The van der Waals surface area contributed by atoms with Gasteiger partial charge in [0.25, 0.3) is 5.91 Å². The molecule has 158 valence electrons. The van der Waals surface area contributed by atoms with Gasteiger partial charge in [-0.25, -0.2) is 4.79 Å². The van der Waals surface area contributed by atoms with Crippen molar-refractivity contribution in [3.05, 3.63) is 59.7 Å². The number of nitrogens with one attached hydrogen (secondary N) is 1. The molecule has 6 heteroatoms. The molecule has 1 N–H and O–H groups in total. The van der Waals surface area contributed by atoms with Crippen molar-refractivity contribution in [3.8, 4) is 5.75 Å². The molecule has 2 aliphatic heterocycles. The van der Waals surface area contributed by atoms with Crippen molar-refractivity contribution in [2.45, 2.75) is 25.7 Å². The highest BCUT2D eigenvalue weighted by atomic mass is 16.5. The third-order valence-electron chi connectivity index (χ3n) is 6.16. The highest BCUT2D eigenvalue weighted by molar-refractivity contribution is 5.98. The molecule has 0 bridgehead atoms. The number of methoxy groups -OCH3 is 1. The maximum atomic E-state index is 13.0. The molecule has 2 aliphatic rings. The van der Waals surface area contributed by atoms with E-state index in [9.17, 15) is 9.59 Å². The summed E-state index contributed by atoms with van der Waals surface area (Å²) in [6.45, 7) is 2.86. The average molecular weight is 408 g/mol. The van der Waals surface area contributed by atoms with Crippen LogP contribution in [0.25, 0.3) is 0 Å². The second-order valence-electron chi connectivity index (χ2n) is 8.06. The van der Waals surface area contributed by atoms with Crippen LogP contribution >= 0.6 is 0 Å². The third kappa shape index (κ3) is 4.58. The third-order valence-corrected chi connectivity index (χ3v) is 6.16. The van der Waals surface area contributed by atoms with Crippen LogP contribution in [0.2, 0.25) is 0 Å². The first-order valence-corrected chi connectivity index (χ1v) is 10.7. The molecule has 2 aromatic rings. The zero-order chi connectivity index (χ0) is 20.9. The van der Waals surface area contributed by atoms with E-state index in [0.29, 0.717) is 24.6 Å². The van der Waals surface area contributed by atoms with Crippen LogP contribution in [0.4, 0.5) is 10.5 Å². The molecular formula is C24H29N3O3. The second-order valence-corrected chi connectivity index (χ2v) is 8.06. The zero-order valence-electron chi connectivity index (χ0n) is 17.5. The number of amides is 3. The van der Waals surface area contributed by atoms with Crippen LogP contribution in [-0.2, 0) is 6.42 Å². The number of aryl methyl sites for hydroxylation is 1. The molecule has 0 aromatic heterocycles. The Morgan fingerprint density at radius 3 is 2.53 bits per heavy atom. The number of likely N-dealkylation sites (tertiary alicyclic amines) is 1. The number of rotatable bonds is 6. The molecule has 0 radical (unpaired) electrons. The lowest BCUT2D eigenvalue weighted by molar-refractivity contribution is 0.0687. The topological polar surface area (TPSA) is 61.9 Å². The number of hydrogen-bond acceptors (Lipinski definition) is 3. The highest BCUT2D eigenvalue weighted by Crippen LogP contribution is 2.25. The summed E-state index contributed by atoms with van der Waals surface area (Å²) in [6, 6.07) is 15.6. The maximum Gasteiger partial charge on any atom is 0.321 e. The number of benzene rings is 2. The Morgan fingerprint density at radius 1 is 1.10 bits per heavy atom. The summed E-state index contributed by atoms with van der Waals surface area (Å²) in [5.41, 5.74) is 2.77. The molecule has 0 aliphatic carbocycles. The predicted molar refractivity (Wildman–Crippen MR) is 117 cm³/mol. The largest absolute Gasteiger partial charge is 0.497 e. The molecule has 2 saturated heterocycles. The Balaban J connectivity index is 1.29. The number of hydrogen-bond donors (Lipinski definition) is 1. The van der Waals surface area contributed by atoms with Crippen LogP contribution in [0, 0.1) is 5.92 Å². The van der Waals surface area contributed by atoms with E-state index in [-0.39, 0.29) is 11.9 Å². The number of ether oxygens (including phenoxy) is 1. The smallest absolute Gasteiger partial charge is 0.321 e. The normalized spacial score (nSPS) is 17.2. The fourth-order valence-corrected chi connectivity index (χ4v) is 4.30. The lowest BCUT2D eigenvalue weighted by atomic mass is 9.90. The van der Waals surface area contributed by atoms with E-state index in [2.05, 4.69) is 17.4 Å². The summed E-state index contributed by atoms with van der Waals surface area (Å²) >= 11 is 0. The monoisotopic (exact) mass is 407 g/mol. The standard InChI is InChI=1S/C24H29N3O3/c1-30-22-9-7-18(8-10-22)5-6-19-11-14-26(15-12-19)23(28)20-3-2-4-21(17-20)27-16-13-25-24(27)29/h2-4,7-10,17,19H,5-6,11-16H2,1H3,(H,25,29). The Bertz CT molecular complexity index is 889. The molecule has 0 spiro atoms. The molecule has 30 heavy (non-hydrogen) atoms. The molecule has 0 atom stereocenters. The predicted octanol–water partition coefficient (Wildman–Crippen LogP) is 3.71. The fourth-order valence-electron chi connectivity index (χ4n) is 4.30. The van der Waals surface area contributed by atoms with Gasteiger partial charge in [0.1, 0.15) is 5.75 Å². The molecule has 6 nitrogen and oxygen atoms in total. The van der Waals surface area contributed by atoms with Crippen molar-refractivity contribution >= 4 is 17.6 Å². The first-order chi connectivity index (χ1) is 14.6. The van der Waals surface area contributed by atoms with Crippen molar-refractivity contribution in [2.75, 3.05) is 38.2 Å². The van der Waals surface area contributed by atoms with Crippen LogP contribution in [0.1, 0.15) is 35.2 Å². The Labute approximate surface area is 177 Å². The first kappa shape index (κ1) is 20.3. The summed E-state index contributed by atoms with van der Waals surface area (Å²) in [6.07, 6.45) is 4.28. The number of nitrogens with zero attached hydrogens (tertiary/aromatic N) is 2. The molecule has 2 fully saturated rings. The molecule has 0 unspecified atom stereocenters. The maximum absolute atomic E-state index is 13.0. The van der Waals surface area contributed by atoms with Gasteiger partial charge in [0.05, 0.1) is 7.11 Å². The van der Waals surface area contributed by atoms with Gasteiger partial charge in [0, 0.05) is 37.4 Å². The van der Waals surface area contributed by atoms with E-state index < -0.39 is 0 Å². The fraction of sp³-hybridized carbons (Fsp3) is 0.417. The van der Waals surface area contributed by atoms with Crippen molar-refractivity contribution in [3.63, 3.8) is 0 Å². The lowest BCUT2D eigenvalue weighted by Crippen LogP contribution is -2.38. The van der Waals surface area contributed by atoms with Gasteiger partial charge in [0.15, 0.2) is 0 Å². The van der Waals surface area contributed by atoms with Crippen molar-refractivity contribution in [1.29, 1.82) is 0 Å². The number of carbonyl (C=O) groups is 2. The minimum atomic E-state index is -0.0997. The van der Waals surface area contributed by atoms with Crippen LogP contribution in [-0.4, -0.2) is 50.1 Å². The summed E-state index contributed by atoms with van der Waals surface area (Å²) in [5.74, 6) is 1.60. The van der Waals surface area contributed by atoms with E-state index in [1.807, 2.05) is 41.3 Å². The summed E-state index contributed by atoms with van der Waals surface area (Å²) < 4.78 is 5.22. The minimum Gasteiger partial charge on any atom is -0.497 e. The SMILES string of the molecule is COc1ccc(CCC2CCN(C(=O)c3cccc(N4CCNC4=O)c3)CC2)cc1. The molecule has 0 saturated carbocycles. The summed E-state index contributed by atoms with van der Waals surface area (Å²) in [7, 11) is 1.68. The van der Waals surface area contributed by atoms with Gasteiger partial charge in [-0.3, -0.25) is 9.69 Å². The molecule has 3 amide bonds. The van der Waals surface area contributed by atoms with Gasteiger partial charge < -0.3 is 15.0 Å². The van der Waals surface area contributed by atoms with E-state index in [0.717, 1.165) is 50.2 Å². The summed E-state index contributed by atoms with van der Waals surface area (Å²) in [4.78, 5) is 28.5. The number of carbonyl (C=O) groups excluding carboxylic acids is 2. The highest BCUT2D eigenvalue weighted by Gasteiger charge is 2.25. The summed E-state index contributed by atoms with van der Waals surface area (Å²) in [5, 5.41) is 2.80. The molecule has 2 heterocycles. The van der Waals surface area contributed by atoms with Gasteiger partial charge in [-0.15, -0.1) is 0 Å². The Kier molecular flexibility index (Phi) is 6.21. The van der Waals surface area contributed by atoms with E-state index in [1.54, 1.807) is 12.0 Å². The Hall–Kier alpha value is -3.02. The van der Waals surface area contributed by atoms with Crippen LogP contribution in [0.15, 0.2) is 48.5 Å². The van der Waals surface area contributed by atoms with Gasteiger partial charge in [-0.1, -0.05) is 18.2 Å². The van der Waals surface area contributed by atoms with Crippen LogP contribution in [0.5, 0.6) is 5.75 Å². The quantitative estimate of drug-likeness (QED) is 0.794. The number of piperidine rings is 1. The molecule has 2 aromatic carbocycles. The zero-order valence-corrected chi connectivity index (χ0v) is 17.5. The number of anilines is 1. The second kappa shape index (κ2) is 9.20. The van der Waals surface area contributed by atoms with E-state index in [1.165, 1.54) is 5.56 Å². The van der Waals surface area contributed by atoms with Gasteiger partial charge >= 0.3 is 6.03 Å². The first-order valence-electron chi connectivity index (χ1n) is 10.7. The van der Waals surface area contributed by atoms with Crippen LogP contribution in [0.3, 0.4) is 0 Å². The number of urea groups is 1. The van der Waals surface area contributed by atoms with Crippen molar-refractivity contribution in [2.24, 2.45) is 5.92 Å². The molecule has 4 rings (SSSR count). The van der Waals surface area contributed by atoms with Crippen molar-refractivity contribution < 1.29 is 14.3 Å². The van der Waals surface area contributed by atoms with Gasteiger partial charge in [0.2, 0.25) is 0 Å². The minimum absolute atomic E-state index is 0.0602. The Morgan fingerprint density at radius 2 is 1.87 bits per heavy atom. The lowest BCUT2D eigenvalue weighted by Gasteiger charge is -2.32. The van der Waals surface area contributed by atoms with Gasteiger partial charge in [-0.05, 0) is 67.5 Å².